The van der Waals surface area contributed by atoms with Gasteiger partial charge in [0.15, 0.2) is 10.0 Å². The molecule has 0 amide bonds. The van der Waals surface area contributed by atoms with E-state index in [1.165, 1.54) is 12.1 Å². The largest absolute Gasteiger partial charge is 0.427 e. The van der Waals surface area contributed by atoms with Crippen molar-refractivity contribution in [3.63, 3.8) is 0 Å². The highest BCUT2D eigenvalue weighted by molar-refractivity contribution is 7.82. The van der Waals surface area contributed by atoms with Gasteiger partial charge in [-0.1, -0.05) is 5.57 Å². The molecular weight excluding hydrogens is 616 g/mol. The van der Waals surface area contributed by atoms with Crippen LogP contribution in [-0.4, -0.2) is 51.2 Å². The first-order valence-electron chi connectivity index (χ1n) is 14.3. The van der Waals surface area contributed by atoms with E-state index in [-0.39, 0.29) is 29.7 Å². The highest BCUT2D eigenvalue weighted by Gasteiger charge is 2.52. The zero-order valence-electron chi connectivity index (χ0n) is 23.6. The fourth-order valence-corrected chi connectivity index (χ4v) is 8.59. The number of nitrogens with zero attached hydrogens (tertiary/aromatic N) is 6. The molecule has 3 unspecified atom stereocenters. The first-order valence-corrected chi connectivity index (χ1v) is 16.2. The number of halogens is 4. The molecule has 3 heterocycles. The SMILES string of the molecule is Cn1cnc(S(=O)N(CC2CC2)C2CCC3=Cc4c(cnn4-c4ccc(F)cc4)CC3(C(=O)c3ncc(C(F)(F)F)s3)C2)c1. The van der Waals surface area contributed by atoms with Gasteiger partial charge in [-0.3, -0.25) is 4.79 Å². The Hall–Kier alpha value is -3.49. The summed E-state index contributed by atoms with van der Waals surface area (Å²) in [7, 11) is 0.224. The average Bonchev–Trinajstić information content (AvgIpc) is 3.33. The topological polar surface area (TPSA) is 85.9 Å². The third kappa shape index (κ3) is 5.26. The van der Waals surface area contributed by atoms with Gasteiger partial charge in [-0.25, -0.2) is 27.6 Å². The van der Waals surface area contributed by atoms with Gasteiger partial charge in [0, 0.05) is 25.8 Å². The number of aryl methyl sites for hydroxylation is 1. The molecule has 3 aliphatic rings. The third-order valence-electron chi connectivity index (χ3n) is 8.74. The number of imidazole rings is 1. The van der Waals surface area contributed by atoms with Crippen molar-refractivity contribution in [2.75, 3.05) is 6.54 Å². The van der Waals surface area contributed by atoms with Crippen LogP contribution in [0.5, 0.6) is 0 Å². The number of rotatable bonds is 8. The number of fused-ring (bicyclic) bond motifs is 2. The van der Waals surface area contributed by atoms with Crippen LogP contribution in [0.4, 0.5) is 17.6 Å². The van der Waals surface area contributed by atoms with Crippen LogP contribution < -0.4 is 0 Å². The van der Waals surface area contributed by atoms with Gasteiger partial charge in [-0.2, -0.15) is 18.3 Å². The highest BCUT2D eigenvalue weighted by atomic mass is 32.2. The average molecular weight is 645 g/mol. The molecule has 0 saturated heterocycles. The first kappa shape index (κ1) is 29.2. The number of hydrogen-bond donors (Lipinski definition) is 0. The number of allylic oxidation sites excluding steroid dienone is 1. The molecule has 230 valence electrons. The molecule has 0 aliphatic heterocycles. The number of hydrogen-bond acceptors (Lipinski definition) is 6. The van der Waals surface area contributed by atoms with E-state index in [1.54, 1.807) is 47.2 Å². The Kier molecular flexibility index (Phi) is 7.20. The lowest BCUT2D eigenvalue weighted by Crippen LogP contribution is -2.50. The van der Waals surface area contributed by atoms with Gasteiger partial charge in [-0.05, 0) is 80.3 Å². The minimum Gasteiger partial charge on any atom is -0.339 e. The Bertz CT molecular complexity index is 1790. The van der Waals surface area contributed by atoms with Gasteiger partial charge in [-0.15, -0.1) is 11.3 Å². The molecule has 2 saturated carbocycles. The van der Waals surface area contributed by atoms with Crippen LogP contribution in [0.15, 0.2) is 59.8 Å². The number of alkyl halides is 3. The van der Waals surface area contributed by atoms with Crippen LogP contribution in [0.25, 0.3) is 11.8 Å². The Balaban J connectivity index is 1.29. The molecule has 8 nitrogen and oxygen atoms in total. The summed E-state index contributed by atoms with van der Waals surface area (Å²) in [6.45, 7) is 0.584. The maximum Gasteiger partial charge on any atom is 0.427 e. The van der Waals surface area contributed by atoms with E-state index in [9.17, 15) is 26.6 Å². The minimum atomic E-state index is -4.61. The van der Waals surface area contributed by atoms with Crippen LogP contribution >= 0.6 is 11.3 Å². The lowest BCUT2D eigenvalue weighted by atomic mass is 9.61. The number of benzene rings is 1. The van der Waals surface area contributed by atoms with Gasteiger partial charge >= 0.3 is 6.18 Å². The van der Waals surface area contributed by atoms with E-state index < -0.39 is 33.2 Å². The van der Waals surface area contributed by atoms with Gasteiger partial charge in [0.2, 0.25) is 5.78 Å². The summed E-state index contributed by atoms with van der Waals surface area (Å²) in [4.78, 5) is 21.8. The van der Waals surface area contributed by atoms with Gasteiger partial charge in [0.05, 0.1) is 35.5 Å². The lowest BCUT2D eigenvalue weighted by molar-refractivity contribution is -0.134. The van der Waals surface area contributed by atoms with Crippen molar-refractivity contribution in [2.24, 2.45) is 18.4 Å². The van der Waals surface area contributed by atoms with E-state index in [1.807, 2.05) is 10.4 Å². The summed E-state index contributed by atoms with van der Waals surface area (Å²) in [5, 5.41) is 4.76. The zero-order chi connectivity index (χ0) is 30.8. The second-order valence-electron chi connectivity index (χ2n) is 11.8. The van der Waals surface area contributed by atoms with Crippen LogP contribution in [0.1, 0.15) is 58.0 Å². The van der Waals surface area contributed by atoms with Crippen molar-refractivity contribution in [3.8, 4) is 5.69 Å². The molecule has 0 bridgehead atoms. The summed E-state index contributed by atoms with van der Waals surface area (Å²) >= 11 is 0.357. The second kappa shape index (κ2) is 10.8. The van der Waals surface area contributed by atoms with E-state index in [0.29, 0.717) is 53.6 Å². The van der Waals surface area contributed by atoms with Crippen LogP contribution in [0, 0.1) is 17.2 Å². The van der Waals surface area contributed by atoms with Crippen molar-refractivity contribution in [3.05, 3.63) is 81.7 Å². The molecule has 3 aromatic heterocycles. The third-order valence-corrected chi connectivity index (χ3v) is 11.2. The Morgan fingerprint density at radius 1 is 1.16 bits per heavy atom. The summed E-state index contributed by atoms with van der Waals surface area (Å²) in [5.74, 6) is -0.452. The highest BCUT2D eigenvalue weighted by Crippen LogP contribution is 2.52. The fourth-order valence-electron chi connectivity index (χ4n) is 6.34. The van der Waals surface area contributed by atoms with Crippen LogP contribution in [0.3, 0.4) is 0 Å². The molecule has 0 spiro atoms. The molecule has 3 atom stereocenters. The minimum absolute atomic E-state index is 0.196. The van der Waals surface area contributed by atoms with Gasteiger partial charge < -0.3 is 4.57 Å². The molecule has 4 aromatic rings. The van der Waals surface area contributed by atoms with Crippen molar-refractivity contribution < 1.29 is 26.6 Å². The number of ketones is 1. The van der Waals surface area contributed by atoms with E-state index >= 15 is 0 Å². The maximum atomic E-state index is 14.4. The molecule has 1 aromatic carbocycles. The Labute approximate surface area is 257 Å². The Morgan fingerprint density at radius 2 is 1.93 bits per heavy atom. The molecule has 3 aliphatic carbocycles. The van der Waals surface area contributed by atoms with Crippen molar-refractivity contribution in [2.45, 2.75) is 55.8 Å². The zero-order valence-corrected chi connectivity index (χ0v) is 25.3. The normalized spacial score (nSPS) is 22.4. The molecule has 0 radical (unpaired) electrons. The molecule has 2 fully saturated rings. The van der Waals surface area contributed by atoms with Crippen molar-refractivity contribution in [1.29, 1.82) is 0 Å². The molecular formula is C30H28F4N6O2S2. The van der Waals surface area contributed by atoms with E-state index in [4.69, 9.17) is 0 Å². The maximum absolute atomic E-state index is 14.4. The van der Waals surface area contributed by atoms with Crippen molar-refractivity contribution >= 4 is 34.2 Å². The summed E-state index contributed by atoms with van der Waals surface area (Å²) in [6, 6.07) is 5.63. The van der Waals surface area contributed by atoms with Crippen LogP contribution in [0.2, 0.25) is 0 Å². The quantitative estimate of drug-likeness (QED) is 0.173. The summed E-state index contributed by atoms with van der Waals surface area (Å²) < 4.78 is 73.5. The number of carbonyl (C=O) groups is 1. The fraction of sp³-hybridized carbons (Fsp3) is 0.400. The number of aromatic nitrogens is 5. The molecule has 0 N–H and O–H groups in total. The second-order valence-corrected chi connectivity index (χ2v) is 14.2. The molecule has 44 heavy (non-hydrogen) atoms. The molecule has 14 heteroatoms. The number of thiazole rings is 1. The monoisotopic (exact) mass is 644 g/mol. The molecule has 7 rings (SSSR count). The van der Waals surface area contributed by atoms with Gasteiger partial charge in [0.25, 0.3) is 0 Å². The summed E-state index contributed by atoms with van der Waals surface area (Å²) in [5.41, 5.74) is 1.74. The van der Waals surface area contributed by atoms with E-state index in [2.05, 4.69) is 15.1 Å². The first-order chi connectivity index (χ1) is 21.0. The standard InChI is InChI=1S/C30H28F4N6O2S2/c1-38-16-26(36-17-38)44(42)39(15-18-2-3-18)23-7-4-20-10-24-19(13-37-40(24)22-8-5-21(31)6-9-22)11-29(20,12-23)27(41)28-35-14-25(43-28)30(32,33)34/h5-6,8-10,13-14,16-18,23H,2-4,7,11-12,15H2,1H3. The predicted octanol–water partition coefficient (Wildman–Crippen LogP) is 6.02. The summed E-state index contributed by atoms with van der Waals surface area (Å²) in [6.07, 6.45) is 6.60. The smallest absolute Gasteiger partial charge is 0.339 e. The number of Topliss-reactive ketones (excluding diaryl/α,β-unsaturated/α-hetero) is 1. The number of carbonyl (C=O) groups excluding carboxylic acids is 1. The predicted molar refractivity (Wildman–Crippen MR) is 156 cm³/mol. The lowest BCUT2D eigenvalue weighted by Gasteiger charge is -2.46. The Morgan fingerprint density at radius 3 is 2.59 bits per heavy atom. The van der Waals surface area contributed by atoms with Crippen molar-refractivity contribution in [1.82, 2.24) is 28.6 Å². The van der Waals surface area contributed by atoms with Crippen LogP contribution in [-0.2, 0) is 30.6 Å². The van der Waals surface area contributed by atoms with E-state index in [0.717, 1.165) is 29.7 Å². The van der Waals surface area contributed by atoms with Gasteiger partial charge in [0.1, 0.15) is 21.7 Å².